The molecule has 0 amide bonds. The van der Waals surface area contributed by atoms with Gasteiger partial charge in [0, 0.05) is 50.3 Å². The van der Waals surface area contributed by atoms with E-state index in [-0.39, 0.29) is 0 Å². The Bertz CT molecular complexity index is 2970. The molecule has 2 heterocycles. The second-order valence-electron chi connectivity index (χ2n) is 13.1. The Morgan fingerprint density at radius 3 is 2.10 bits per heavy atom. The number of hydrogen-bond acceptors (Lipinski definition) is 5. The minimum atomic E-state index is 0.604. The number of anilines is 1. The first-order valence-electron chi connectivity index (χ1n) is 17.0. The molecule has 0 radical (unpaired) electrons. The van der Waals surface area contributed by atoms with E-state index in [0.29, 0.717) is 13.1 Å². The summed E-state index contributed by atoms with van der Waals surface area (Å²) in [4.78, 5) is 23.8. The van der Waals surface area contributed by atoms with Crippen LogP contribution in [-0.2, 0) is 13.1 Å². The molecular weight excluding hydrogens is 613 g/mol. The molecule has 11 rings (SSSR count). The lowest BCUT2D eigenvalue weighted by molar-refractivity contribution is 1.02. The van der Waals surface area contributed by atoms with Gasteiger partial charge >= 0.3 is 0 Å². The summed E-state index contributed by atoms with van der Waals surface area (Å²) in [6, 6.07) is 46.7. The smallest absolute Gasteiger partial charge is 0.0979 e. The van der Waals surface area contributed by atoms with Gasteiger partial charge in [0.25, 0.3) is 0 Å². The van der Waals surface area contributed by atoms with Gasteiger partial charge in [0.15, 0.2) is 0 Å². The molecule has 8 aromatic carbocycles. The minimum absolute atomic E-state index is 0.604. The number of para-hydroxylation sites is 4. The summed E-state index contributed by atoms with van der Waals surface area (Å²) in [6.45, 7) is 1.32. The highest BCUT2D eigenvalue weighted by molar-refractivity contribution is 6.28. The Balaban J connectivity index is 0.868. The highest BCUT2D eigenvalue weighted by Crippen LogP contribution is 2.46. The lowest BCUT2D eigenvalue weighted by atomic mass is 9.99. The summed E-state index contributed by atoms with van der Waals surface area (Å²) in [5, 5.41) is 11.8. The van der Waals surface area contributed by atoms with Gasteiger partial charge in [-0.3, -0.25) is 4.99 Å². The maximum atomic E-state index is 5.09. The third-order valence-corrected chi connectivity index (χ3v) is 10.3. The predicted molar refractivity (Wildman–Crippen MR) is 204 cm³/mol. The molecule has 0 unspecified atom stereocenters. The van der Waals surface area contributed by atoms with Crippen LogP contribution in [0.15, 0.2) is 138 Å². The third-order valence-electron chi connectivity index (χ3n) is 10.3. The van der Waals surface area contributed by atoms with Gasteiger partial charge in [0.2, 0.25) is 0 Å². The van der Waals surface area contributed by atoms with Crippen LogP contribution >= 0.6 is 0 Å². The number of benzene rings is 7. The van der Waals surface area contributed by atoms with Gasteiger partial charge in [-0.1, -0.05) is 91.0 Å². The lowest BCUT2D eigenvalue weighted by Gasteiger charge is -2.11. The topological polar surface area (TPSA) is 78.9 Å². The molecule has 10 aromatic rings. The fraction of sp³-hybridized carbons (Fsp3) is 0.0455. The zero-order chi connectivity index (χ0) is 32.8. The first-order chi connectivity index (χ1) is 24.8. The zero-order valence-electron chi connectivity index (χ0n) is 26.9. The van der Waals surface area contributed by atoms with Crippen LogP contribution in [0.1, 0.15) is 11.1 Å². The van der Waals surface area contributed by atoms with Gasteiger partial charge in [-0.2, -0.15) is 0 Å². The van der Waals surface area contributed by atoms with Crippen LogP contribution in [0.3, 0.4) is 0 Å². The monoisotopic (exact) mass is 640 g/mol. The Hall–Kier alpha value is -6.66. The van der Waals surface area contributed by atoms with Crippen molar-refractivity contribution in [3.63, 3.8) is 0 Å². The van der Waals surface area contributed by atoms with Crippen molar-refractivity contribution >= 4 is 71.1 Å². The molecule has 0 saturated heterocycles. The van der Waals surface area contributed by atoms with Crippen molar-refractivity contribution < 1.29 is 0 Å². The SMILES string of the molecule is c1ccc2nc3c(nc2c1)-c1cccc2c(CNc4ccc(CN=c5ccc6c7[nH]c8ccccc8nc7c7cccc5c76)cc4)ccc-3c12. The molecule has 0 spiro atoms. The van der Waals surface area contributed by atoms with Gasteiger partial charge in [0.05, 0.1) is 56.4 Å². The number of aromatic amines is 1. The molecule has 0 atom stereocenters. The fourth-order valence-corrected chi connectivity index (χ4v) is 7.87. The van der Waals surface area contributed by atoms with Crippen molar-refractivity contribution in [3.8, 4) is 22.5 Å². The Kier molecular flexibility index (Phi) is 5.69. The Morgan fingerprint density at radius 1 is 0.540 bits per heavy atom. The quantitative estimate of drug-likeness (QED) is 0.196. The van der Waals surface area contributed by atoms with Crippen LogP contribution in [0.4, 0.5) is 5.69 Å². The van der Waals surface area contributed by atoms with E-state index in [0.717, 1.165) is 77.4 Å². The van der Waals surface area contributed by atoms with E-state index in [2.05, 4.69) is 107 Å². The van der Waals surface area contributed by atoms with E-state index in [9.17, 15) is 0 Å². The summed E-state index contributed by atoms with van der Waals surface area (Å²) >= 11 is 0. The molecule has 234 valence electrons. The van der Waals surface area contributed by atoms with Crippen molar-refractivity contribution in [3.05, 3.63) is 150 Å². The van der Waals surface area contributed by atoms with Crippen LogP contribution in [0, 0.1) is 0 Å². The number of rotatable bonds is 5. The first-order valence-corrected chi connectivity index (χ1v) is 17.0. The summed E-state index contributed by atoms with van der Waals surface area (Å²) < 4.78 is 0. The molecule has 2 N–H and O–H groups in total. The van der Waals surface area contributed by atoms with E-state index < -0.39 is 0 Å². The van der Waals surface area contributed by atoms with Crippen molar-refractivity contribution in [2.24, 2.45) is 4.99 Å². The summed E-state index contributed by atoms with van der Waals surface area (Å²) in [7, 11) is 0. The van der Waals surface area contributed by atoms with Gasteiger partial charge in [-0.05, 0) is 59.0 Å². The average Bonchev–Trinajstić information content (AvgIpc) is 3.66. The Morgan fingerprint density at radius 2 is 1.26 bits per heavy atom. The van der Waals surface area contributed by atoms with Gasteiger partial charge in [-0.15, -0.1) is 0 Å². The lowest BCUT2D eigenvalue weighted by Crippen LogP contribution is -2.03. The number of fused-ring (bicyclic) bond motifs is 8. The molecule has 1 aliphatic rings. The molecule has 6 heteroatoms. The molecule has 2 aromatic heterocycles. The van der Waals surface area contributed by atoms with Crippen LogP contribution in [0.5, 0.6) is 0 Å². The highest BCUT2D eigenvalue weighted by atomic mass is 14.9. The van der Waals surface area contributed by atoms with Gasteiger partial charge in [-0.25, -0.2) is 15.0 Å². The van der Waals surface area contributed by atoms with Crippen LogP contribution in [-0.4, -0.2) is 19.9 Å². The van der Waals surface area contributed by atoms with Crippen molar-refractivity contribution in [1.29, 1.82) is 0 Å². The standard InChI is InChI=1S/C44H28N6/c1-3-13-37-35(11-1)47-41-30-9-5-7-28-26(17-20-32(39(28)30)43(41)49-37)24-45-27-18-15-25(16-19-27)23-46-34-22-21-33-40-29(34)8-6-10-31(40)42-44(33)50-38-14-4-2-12-36(38)48-42/h1-22,45,50H,23-24H2. The van der Waals surface area contributed by atoms with E-state index in [4.69, 9.17) is 19.9 Å². The molecule has 0 saturated carbocycles. The summed E-state index contributed by atoms with van der Waals surface area (Å²) in [5.74, 6) is 0. The number of aromatic nitrogens is 4. The third kappa shape index (κ3) is 4.02. The normalized spacial score (nSPS) is 12.7. The highest BCUT2D eigenvalue weighted by Gasteiger charge is 2.25. The molecule has 1 aliphatic carbocycles. The fourth-order valence-electron chi connectivity index (χ4n) is 7.87. The number of hydrogen-bond donors (Lipinski definition) is 2. The molecule has 0 bridgehead atoms. The van der Waals surface area contributed by atoms with E-state index >= 15 is 0 Å². The van der Waals surface area contributed by atoms with Crippen molar-refractivity contribution in [1.82, 2.24) is 19.9 Å². The van der Waals surface area contributed by atoms with Crippen LogP contribution in [0.25, 0.3) is 87.9 Å². The number of H-pyrrole nitrogens is 1. The first kappa shape index (κ1) is 27.3. The molecule has 0 aliphatic heterocycles. The number of nitrogens with zero attached hydrogens (tertiary/aromatic N) is 4. The zero-order valence-corrected chi connectivity index (χ0v) is 26.9. The maximum absolute atomic E-state index is 5.09. The molecule has 50 heavy (non-hydrogen) atoms. The summed E-state index contributed by atoms with van der Waals surface area (Å²) in [5.41, 5.74) is 13.7. The predicted octanol–water partition coefficient (Wildman–Crippen LogP) is 9.92. The second-order valence-corrected chi connectivity index (χ2v) is 13.1. The second kappa shape index (κ2) is 10.4. The van der Waals surface area contributed by atoms with Crippen LogP contribution in [0.2, 0.25) is 0 Å². The summed E-state index contributed by atoms with van der Waals surface area (Å²) in [6.07, 6.45) is 0. The van der Waals surface area contributed by atoms with Crippen molar-refractivity contribution in [2.45, 2.75) is 13.1 Å². The Labute approximate surface area is 286 Å². The minimum Gasteiger partial charge on any atom is -0.381 e. The van der Waals surface area contributed by atoms with Crippen molar-refractivity contribution in [2.75, 3.05) is 5.32 Å². The molecule has 0 fully saturated rings. The maximum Gasteiger partial charge on any atom is 0.0979 e. The van der Waals surface area contributed by atoms with E-state index in [1.807, 2.05) is 36.4 Å². The van der Waals surface area contributed by atoms with E-state index in [1.54, 1.807) is 0 Å². The van der Waals surface area contributed by atoms with Gasteiger partial charge < -0.3 is 10.3 Å². The molecule has 6 nitrogen and oxygen atoms in total. The number of nitrogens with one attached hydrogen (secondary N) is 2. The van der Waals surface area contributed by atoms with E-state index in [1.165, 1.54) is 32.7 Å². The average molecular weight is 641 g/mol. The largest absolute Gasteiger partial charge is 0.381 e. The van der Waals surface area contributed by atoms with Crippen LogP contribution < -0.4 is 10.7 Å². The molecular formula is C44H28N6. The van der Waals surface area contributed by atoms with Gasteiger partial charge in [0.1, 0.15) is 0 Å².